The van der Waals surface area contributed by atoms with Crippen molar-refractivity contribution in [1.82, 2.24) is 0 Å². The molecule has 128 valence electrons. The van der Waals surface area contributed by atoms with Crippen molar-refractivity contribution < 1.29 is 32.0 Å². The normalized spacial score (nSPS) is 16.8. The molecule has 0 spiro atoms. The summed E-state index contributed by atoms with van der Waals surface area (Å²) in [4.78, 5) is 11.4. The lowest BCUT2D eigenvalue weighted by Gasteiger charge is -2.11. The van der Waals surface area contributed by atoms with Crippen LogP contribution in [0.5, 0.6) is 5.75 Å². The molecule has 0 saturated carbocycles. The molecule has 1 unspecified atom stereocenters. The number of hydrogen-bond donors (Lipinski definition) is 1. The zero-order valence-corrected chi connectivity index (χ0v) is 13.5. The Morgan fingerprint density at radius 2 is 2.04 bits per heavy atom. The van der Waals surface area contributed by atoms with Gasteiger partial charge in [0.15, 0.2) is 5.75 Å². The van der Waals surface area contributed by atoms with E-state index < -0.39 is 21.8 Å². The van der Waals surface area contributed by atoms with Crippen LogP contribution in [0.3, 0.4) is 0 Å². The minimum atomic E-state index is -4.39. The molecule has 1 aliphatic rings. The van der Waals surface area contributed by atoms with Gasteiger partial charge in [-0.3, -0.25) is 9.35 Å². The second-order valence-electron chi connectivity index (χ2n) is 5.47. The third-order valence-electron chi connectivity index (χ3n) is 3.41. The summed E-state index contributed by atoms with van der Waals surface area (Å²) < 4.78 is 45.7. The van der Waals surface area contributed by atoms with Gasteiger partial charge in [-0.05, 0) is 23.1 Å². The van der Waals surface area contributed by atoms with E-state index in [0.29, 0.717) is 24.5 Å². The quantitative estimate of drug-likeness (QED) is 0.458. The second-order valence-corrected chi connectivity index (χ2v) is 6.92. The highest BCUT2D eigenvalue weighted by Crippen LogP contribution is 2.29. The highest BCUT2D eigenvalue weighted by molar-refractivity contribution is 7.86. The van der Waals surface area contributed by atoms with Crippen LogP contribution < -0.4 is 4.74 Å². The van der Waals surface area contributed by atoms with Crippen LogP contribution in [0.1, 0.15) is 5.56 Å². The number of hydrogen-bond acceptors (Lipinski definition) is 6. The van der Waals surface area contributed by atoms with Gasteiger partial charge in [-0.1, -0.05) is 24.3 Å². The van der Waals surface area contributed by atoms with Crippen molar-refractivity contribution >= 4 is 26.9 Å². The number of carbonyl (C=O) groups excluding carboxylic acids is 1. The number of benzene rings is 2. The average Bonchev–Trinajstić information content (AvgIpc) is 3.33. The van der Waals surface area contributed by atoms with Gasteiger partial charge in [0, 0.05) is 5.39 Å². The monoisotopic (exact) mass is 352 g/mol. The van der Waals surface area contributed by atoms with Gasteiger partial charge >= 0.3 is 5.97 Å². The summed E-state index contributed by atoms with van der Waals surface area (Å²) in [6, 6.07) is 11.2. The molecule has 0 bridgehead atoms. The molecule has 1 fully saturated rings. The molecule has 1 aliphatic heterocycles. The second kappa shape index (κ2) is 6.76. The summed E-state index contributed by atoms with van der Waals surface area (Å²) >= 11 is 0. The first kappa shape index (κ1) is 16.7. The van der Waals surface area contributed by atoms with Crippen LogP contribution in [-0.4, -0.2) is 44.0 Å². The zero-order chi connectivity index (χ0) is 17.2. The first-order chi connectivity index (χ1) is 11.4. The van der Waals surface area contributed by atoms with E-state index in [2.05, 4.69) is 0 Å². The van der Waals surface area contributed by atoms with E-state index in [1.807, 2.05) is 30.3 Å². The van der Waals surface area contributed by atoms with Crippen molar-refractivity contribution in [1.29, 1.82) is 0 Å². The molecule has 1 atom stereocenters. The molecule has 0 aliphatic carbocycles. The van der Waals surface area contributed by atoms with Crippen LogP contribution in [0.25, 0.3) is 10.8 Å². The summed E-state index contributed by atoms with van der Waals surface area (Å²) in [5.41, 5.74) is 0.657. The summed E-state index contributed by atoms with van der Waals surface area (Å²) in [5.74, 6) is -1.44. The fourth-order valence-corrected chi connectivity index (χ4v) is 2.62. The number of ether oxygens (including phenoxy) is 3. The van der Waals surface area contributed by atoms with Gasteiger partial charge in [-0.2, -0.15) is 8.42 Å². The van der Waals surface area contributed by atoms with E-state index in [9.17, 15) is 13.2 Å². The van der Waals surface area contributed by atoms with E-state index >= 15 is 0 Å². The minimum absolute atomic E-state index is 0.111. The van der Waals surface area contributed by atoms with Crippen LogP contribution in [0.4, 0.5) is 0 Å². The lowest BCUT2D eigenvalue weighted by molar-refractivity contribution is -0.141. The van der Waals surface area contributed by atoms with E-state index in [-0.39, 0.29) is 12.7 Å². The maximum Gasteiger partial charge on any atom is 0.323 e. The standard InChI is InChI=1S/C16H16O7S/c17-16(10-24(18,19)20)23-7-11-5-12-3-1-2-4-14(12)15(6-11)22-9-13-8-21-13/h1-6,13H,7-10H2,(H,18,19,20). The molecule has 3 rings (SSSR count). The first-order valence-electron chi connectivity index (χ1n) is 7.27. The molecule has 1 saturated heterocycles. The number of carbonyl (C=O) groups is 1. The summed E-state index contributed by atoms with van der Waals surface area (Å²) in [6.45, 7) is 1.01. The maximum absolute atomic E-state index is 11.4. The Hall–Kier alpha value is -2.16. The topological polar surface area (TPSA) is 102 Å². The van der Waals surface area contributed by atoms with E-state index in [0.717, 1.165) is 10.8 Å². The molecule has 0 radical (unpaired) electrons. The molecule has 2 aromatic carbocycles. The average molecular weight is 352 g/mol. The van der Waals surface area contributed by atoms with Gasteiger partial charge in [0.2, 0.25) is 0 Å². The highest BCUT2D eigenvalue weighted by atomic mass is 32.2. The largest absolute Gasteiger partial charge is 0.490 e. The van der Waals surface area contributed by atoms with Crippen molar-refractivity contribution in [3.8, 4) is 5.75 Å². The smallest absolute Gasteiger partial charge is 0.323 e. The fraction of sp³-hybridized carbons (Fsp3) is 0.312. The lowest BCUT2D eigenvalue weighted by Crippen LogP contribution is -2.17. The van der Waals surface area contributed by atoms with Gasteiger partial charge in [-0.15, -0.1) is 0 Å². The Morgan fingerprint density at radius 3 is 2.75 bits per heavy atom. The third kappa shape index (κ3) is 4.67. The van der Waals surface area contributed by atoms with Crippen LogP contribution in [-0.2, 0) is 31.0 Å². The first-order valence-corrected chi connectivity index (χ1v) is 8.88. The minimum Gasteiger partial charge on any atom is -0.490 e. The summed E-state index contributed by atoms with van der Waals surface area (Å²) in [7, 11) is -4.39. The summed E-state index contributed by atoms with van der Waals surface area (Å²) in [6.07, 6.45) is 0.111. The predicted octanol–water partition coefficient (Wildman–Crippen LogP) is 1.55. The van der Waals surface area contributed by atoms with Crippen molar-refractivity contribution in [2.45, 2.75) is 12.7 Å². The number of epoxide rings is 1. The van der Waals surface area contributed by atoms with E-state index in [1.54, 1.807) is 6.07 Å². The Balaban J connectivity index is 1.76. The Labute approximate surface area is 138 Å². The molecule has 7 nitrogen and oxygen atoms in total. The lowest BCUT2D eigenvalue weighted by atomic mass is 10.1. The van der Waals surface area contributed by atoms with Crippen LogP contribution in [0.15, 0.2) is 36.4 Å². The fourth-order valence-electron chi connectivity index (χ4n) is 2.24. The SMILES string of the molecule is O=C(CS(=O)(=O)O)OCc1cc(OCC2CO2)c2ccccc2c1. The van der Waals surface area contributed by atoms with Crippen LogP contribution in [0.2, 0.25) is 0 Å². The van der Waals surface area contributed by atoms with E-state index in [1.165, 1.54) is 0 Å². The predicted molar refractivity (Wildman–Crippen MR) is 85.4 cm³/mol. The Kier molecular flexibility index (Phi) is 4.70. The van der Waals surface area contributed by atoms with Gasteiger partial charge in [-0.25, -0.2) is 0 Å². The van der Waals surface area contributed by atoms with Gasteiger partial charge < -0.3 is 14.2 Å². The van der Waals surface area contributed by atoms with Crippen molar-refractivity contribution in [3.63, 3.8) is 0 Å². The third-order valence-corrected chi connectivity index (χ3v) is 4.01. The van der Waals surface area contributed by atoms with Crippen LogP contribution >= 0.6 is 0 Å². The molecule has 2 aromatic rings. The molecular formula is C16H16O7S. The molecular weight excluding hydrogens is 336 g/mol. The molecule has 8 heteroatoms. The van der Waals surface area contributed by atoms with Gasteiger partial charge in [0.1, 0.15) is 25.1 Å². The summed E-state index contributed by atoms with van der Waals surface area (Å²) in [5, 5.41) is 1.83. The highest BCUT2D eigenvalue weighted by Gasteiger charge is 2.23. The van der Waals surface area contributed by atoms with Crippen molar-refractivity contribution in [2.24, 2.45) is 0 Å². The van der Waals surface area contributed by atoms with Crippen molar-refractivity contribution in [3.05, 3.63) is 42.0 Å². The molecule has 0 aromatic heterocycles. The molecule has 1 N–H and O–H groups in total. The molecule has 24 heavy (non-hydrogen) atoms. The molecule has 1 heterocycles. The van der Waals surface area contributed by atoms with Crippen molar-refractivity contribution in [2.75, 3.05) is 19.0 Å². The Bertz CT molecular complexity index is 856. The molecule has 0 amide bonds. The number of rotatable bonds is 7. The zero-order valence-electron chi connectivity index (χ0n) is 12.7. The maximum atomic E-state index is 11.4. The van der Waals surface area contributed by atoms with Gasteiger partial charge in [0.05, 0.1) is 6.61 Å². The van der Waals surface area contributed by atoms with E-state index in [4.69, 9.17) is 18.8 Å². The van der Waals surface area contributed by atoms with Gasteiger partial charge in [0.25, 0.3) is 10.1 Å². The number of fused-ring (bicyclic) bond motifs is 1. The van der Waals surface area contributed by atoms with Crippen LogP contribution in [0, 0.1) is 0 Å². The Morgan fingerprint density at radius 1 is 1.29 bits per heavy atom. The number of esters is 1.